The highest BCUT2D eigenvalue weighted by Gasteiger charge is 2.24. The molecule has 154 valence electrons. The Balaban J connectivity index is 1.45. The number of halogens is 1. The molecule has 0 radical (unpaired) electrons. The van der Waals surface area contributed by atoms with E-state index < -0.39 is 0 Å². The zero-order valence-corrected chi connectivity index (χ0v) is 18.7. The van der Waals surface area contributed by atoms with Crippen LogP contribution in [-0.2, 0) is 0 Å². The van der Waals surface area contributed by atoms with Crippen molar-refractivity contribution in [3.05, 3.63) is 76.8 Å². The molecule has 4 aromatic rings. The molecule has 7 heteroatoms. The van der Waals surface area contributed by atoms with Gasteiger partial charge in [0.05, 0.1) is 27.9 Å². The van der Waals surface area contributed by atoms with Crippen molar-refractivity contribution in [1.82, 2.24) is 4.98 Å². The highest BCUT2D eigenvalue weighted by Crippen LogP contribution is 2.35. The van der Waals surface area contributed by atoms with Gasteiger partial charge in [-0.2, -0.15) is 4.90 Å². The Bertz CT molecular complexity index is 1330. The normalized spacial score (nSPS) is 13.1. The minimum atomic E-state index is -0.231. The van der Waals surface area contributed by atoms with Crippen molar-refractivity contribution in [3.8, 4) is 10.6 Å². The maximum atomic E-state index is 13.1. The molecule has 5 nitrogen and oxygen atoms in total. The van der Waals surface area contributed by atoms with Gasteiger partial charge < -0.3 is 5.32 Å². The summed E-state index contributed by atoms with van der Waals surface area (Å²) >= 11 is 8.00. The van der Waals surface area contributed by atoms with Crippen LogP contribution in [0.3, 0.4) is 0 Å². The first-order valence-electron chi connectivity index (χ1n) is 9.88. The smallest absolute Gasteiger partial charge is 0.257 e. The fraction of sp³-hybridized carbons (Fsp3) is 0.125. The van der Waals surface area contributed by atoms with E-state index in [2.05, 4.69) is 20.9 Å². The number of thiazole rings is 1. The standard InChI is InChI=1S/C24H19ClN4OS/c1-15-17(24-27-21-7-3-4-9-22(21)31-24)6-5-8-20(15)26-23(30)18-12-16(10-11-19(18)25)29-13-28(2)14-29/h3-13H,14H2,1-2H3/p+1. The molecule has 0 fully saturated rings. The van der Waals surface area contributed by atoms with Gasteiger partial charge in [-0.3, -0.25) is 4.79 Å². The lowest BCUT2D eigenvalue weighted by Crippen LogP contribution is -2.43. The van der Waals surface area contributed by atoms with E-state index in [9.17, 15) is 4.79 Å². The molecule has 0 spiro atoms. The maximum absolute atomic E-state index is 13.1. The molecule has 31 heavy (non-hydrogen) atoms. The number of para-hydroxylation sites is 1. The number of carbonyl (C=O) groups excluding carboxylic acids is 1. The summed E-state index contributed by atoms with van der Waals surface area (Å²) in [6.45, 7) is 2.78. The second-order valence-corrected chi connectivity index (χ2v) is 9.00. The van der Waals surface area contributed by atoms with E-state index in [1.807, 2.05) is 68.8 Å². The summed E-state index contributed by atoms with van der Waals surface area (Å²) in [5.74, 6) is -0.231. The van der Waals surface area contributed by atoms with Crippen LogP contribution in [0.25, 0.3) is 20.8 Å². The third-order valence-electron chi connectivity index (χ3n) is 5.34. The average molecular weight is 448 g/mol. The van der Waals surface area contributed by atoms with E-state index in [0.29, 0.717) is 10.6 Å². The Morgan fingerprint density at radius 3 is 2.74 bits per heavy atom. The molecule has 5 rings (SSSR count). The number of anilines is 2. The summed E-state index contributed by atoms with van der Waals surface area (Å²) in [5.41, 5.74) is 5.10. The third-order valence-corrected chi connectivity index (χ3v) is 6.74. The lowest BCUT2D eigenvalue weighted by atomic mass is 10.1. The van der Waals surface area contributed by atoms with Crippen LogP contribution in [0.4, 0.5) is 11.4 Å². The Morgan fingerprint density at radius 1 is 1.16 bits per heavy atom. The first-order valence-corrected chi connectivity index (χ1v) is 11.1. The minimum Gasteiger partial charge on any atom is -0.322 e. The largest absolute Gasteiger partial charge is 0.322 e. The number of amides is 1. The first kappa shape index (κ1) is 19.7. The molecule has 2 heterocycles. The average Bonchev–Trinajstić information content (AvgIpc) is 3.17. The van der Waals surface area contributed by atoms with Crippen molar-refractivity contribution in [2.24, 2.45) is 0 Å². The van der Waals surface area contributed by atoms with Crippen molar-refractivity contribution in [2.75, 3.05) is 23.9 Å². The fourth-order valence-electron chi connectivity index (χ4n) is 3.65. The molecular formula is C24H20ClN4OS+. The number of carbonyl (C=O) groups is 1. The predicted octanol–water partition coefficient (Wildman–Crippen LogP) is 5.63. The van der Waals surface area contributed by atoms with Gasteiger partial charge in [-0.1, -0.05) is 35.9 Å². The molecule has 0 atom stereocenters. The highest BCUT2D eigenvalue weighted by molar-refractivity contribution is 7.21. The van der Waals surface area contributed by atoms with Gasteiger partial charge in [-0.05, 0) is 48.9 Å². The van der Waals surface area contributed by atoms with Crippen LogP contribution in [0.2, 0.25) is 5.02 Å². The van der Waals surface area contributed by atoms with E-state index in [1.165, 1.54) is 0 Å². The Labute approximate surface area is 189 Å². The Hall–Kier alpha value is -3.22. The van der Waals surface area contributed by atoms with Crippen molar-refractivity contribution in [1.29, 1.82) is 0 Å². The van der Waals surface area contributed by atoms with Crippen LogP contribution in [0, 0.1) is 6.92 Å². The summed E-state index contributed by atoms with van der Waals surface area (Å²) in [6.07, 6.45) is 1.98. The van der Waals surface area contributed by atoms with Crippen molar-refractivity contribution < 1.29 is 9.37 Å². The van der Waals surface area contributed by atoms with Gasteiger partial charge in [-0.25, -0.2) is 9.56 Å². The van der Waals surface area contributed by atoms with Crippen LogP contribution in [-0.4, -0.2) is 35.5 Å². The van der Waals surface area contributed by atoms with Crippen LogP contribution in [0.5, 0.6) is 0 Å². The number of rotatable bonds is 4. The number of benzene rings is 3. The Morgan fingerprint density at radius 2 is 1.97 bits per heavy atom. The predicted molar refractivity (Wildman–Crippen MR) is 129 cm³/mol. The molecule has 0 aliphatic carbocycles. The van der Waals surface area contributed by atoms with Crippen molar-refractivity contribution in [2.45, 2.75) is 6.92 Å². The molecule has 1 aromatic heterocycles. The fourth-order valence-corrected chi connectivity index (χ4v) is 4.90. The summed E-state index contributed by atoms with van der Waals surface area (Å²) in [4.78, 5) is 19.9. The van der Waals surface area contributed by atoms with Gasteiger partial charge in [0.25, 0.3) is 5.91 Å². The third kappa shape index (κ3) is 3.69. The second-order valence-electron chi connectivity index (χ2n) is 7.57. The first-order chi connectivity index (χ1) is 15.0. The van der Waals surface area contributed by atoms with Crippen LogP contribution >= 0.6 is 22.9 Å². The maximum Gasteiger partial charge on any atom is 0.257 e. The Kier molecular flexibility index (Phi) is 4.96. The summed E-state index contributed by atoms with van der Waals surface area (Å²) in [7, 11) is 2.00. The van der Waals surface area contributed by atoms with Crippen LogP contribution < -0.4 is 10.2 Å². The summed E-state index contributed by atoms with van der Waals surface area (Å²) < 4.78 is 3.20. The topological polar surface area (TPSA) is 48.2 Å². The summed E-state index contributed by atoms with van der Waals surface area (Å²) in [5, 5.41) is 4.40. The molecule has 3 aromatic carbocycles. The van der Waals surface area contributed by atoms with Gasteiger partial charge in [0.2, 0.25) is 13.0 Å². The van der Waals surface area contributed by atoms with Crippen molar-refractivity contribution >= 4 is 56.8 Å². The van der Waals surface area contributed by atoms with Gasteiger partial charge in [0.1, 0.15) is 10.7 Å². The quantitative estimate of drug-likeness (QED) is 0.413. The highest BCUT2D eigenvalue weighted by atomic mass is 35.5. The van der Waals surface area contributed by atoms with E-state index in [1.54, 1.807) is 17.4 Å². The number of hydrogen-bond acceptors (Lipinski definition) is 4. The van der Waals surface area contributed by atoms with Crippen molar-refractivity contribution in [3.63, 3.8) is 0 Å². The molecule has 0 unspecified atom stereocenters. The monoisotopic (exact) mass is 447 g/mol. The molecule has 1 N–H and O–H groups in total. The van der Waals surface area contributed by atoms with E-state index in [0.717, 1.165) is 44.4 Å². The molecule has 0 saturated carbocycles. The number of nitrogens with zero attached hydrogens (tertiary/aromatic N) is 3. The lowest BCUT2D eigenvalue weighted by Gasteiger charge is -2.21. The molecule has 0 saturated heterocycles. The zero-order chi connectivity index (χ0) is 21.5. The molecule has 0 bridgehead atoms. The van der Waals surface area contributed by atoms with Gasteiger partial charge in [0, 0.05) is 11.3 Å². The summed E-state index contributed by atoms with van der Waals surface area (Å²) in [6, 6.07) is 19.5. The lowest BCUT2D eigenvalue weighted by molar-refractivity contribution is -0.514. The SMILES string of the molecule is Cc1c(NC(=O)c2cc(N3C=[N+](C)C3)ccc2Cl)cccc1-c1nc2ccccc2s1. The number of fused-ring (bicyclic) bond motifs is 1. The molecule has 1 aliphatic rings. The second kappa shape index (κ2) is 7.80. The van der Waals surface area contributed by atoms with Gasteiger partial charge in [-0.15, -0.1) is 11.3 Å². The van der Waals surface area contributed by atoms with Crippen LogP contribution in [0.1, 0.15) is 15.9 Å². The molecule has 1 aliphatic heterocycles. The number of nitrogens with one attached hydrogen (secondary N) is 1. The molecule has 1 amide bonds. The van der Waals surface area contributed by atoms with E-state index in [4.69, 9.17) is 16.6 Å². The zero-order valence-electron chi connectivity index (χ0n) is 17.1. The molecular weight excluding hydrogens is 428 g/mol. The number of aromatic nitrogens is 1. The van der Waals surface area contributed by atoms with E-state index in [-0.39, 0.29) is 5.91 Å². The van der Waals surface area contributed by atoms with Gasteiger partial charge >= 0.3 is 0 Å². The minimum absolute atomic E-state index is 0.231. The number of hydrogen-bond donors (Lipinski definition) is 1. The van der Waals surface area contributed by atoms with Crippen LogP contribution in [0.15, 0.2) is 60.7 Å². The van der Waals surface area contributed by atoms with Gasteiger partial charge in [0.15, 0.2) is 0 Å². The van der Waals surface area contributed by atoms with E-state index >= 15 is 0 Å².